The summed E-state index contributed by atoms with van der Waals surface area (Å²) in [6, 6.07) is 27.6. The van der Waals surface area contributed by atoms with E-state index in [1.807, 2.05) is 92.7 Å². The third-order valence-corrected chi connectivity index (χ3v) is 4.85. The van der Waals surface area contributed by atoms with Crippen LogP contribution >= 0.6 is 0 Å². The third-order valence-electron chi connectivity index (χ3n) is 4.85. The van der Waals surface area contributed by atoms with Crippen LogP contribution in [0.25, 0.3) is 16.9 Å². The summed E-state index contributed by atoms with van der Waals surface area (Å²) in [6.07, 6.45) is 1.64. The Morgan fingerprint density at radius 3 is 2.37 bits per heavy atom. The molecule has 0 aliphatic carbocycles. The Morgan fingerprint density at radius 2 is 1.63 bits per heavy atom. The van der Waals surface area contributed by atoms with E-state index < -0.39 is 0 Å². The number of carbonyl (C=O) groups is 1. The Labute approximate surface area is 175 Å². The second-order valence-electron chi connectivity index (χ2n) is 7.08. The molecule has 1 amide bonds. The van der Waals surface area contributed by atoms with E-state index in [0.717, 1.165) is 28.1 Å². The van der Waals surface area contributed by atoms with Gasteiger partial charge in [0.25, 0.3) is 5.91 Å². The van der Waals surface area contributed by atoms with Gasteiger partial charge in [-0.2, -0.15) is 10.2 Å². The van der Waals surface area contributed by atoms with Crippen molar-refractivity contribution in [2.75, 3.05) is 0 Å². The van der Waals surface area contributed by atoms with Crippen molar-refractivity contribution in [1.29, 1.82) is 0 Å². The van der Waals surface area contributed by atoms with E-state index in [9.17, 15) is 4.79 Å². The van der Waals surface area contributed by atoms with Crippen molar-refractivity contribution in [2.24, 2.45) is 5.10 Å². The summed E-state index contributed by atoms with van der Waals surface area (Å²) in [4.78, 5) is 12.7. The van der Waals surface area contributed by atoms with Gasteiger partial charge in [0.15, 0.2) is 5.69 Å². The topological polar surface area (TPSA) is 59.3 Å². The van der Waals surface area contributed by atoms with Gasteiger partial charge in [0.1, 0.15) is 0 Å². The van der Waals surface area contributed by atoms with Gasteiger partial charge in [-0.05, 0) is 43.2 Å². The molecule has 0 radical (unpaired) electrons. The molecule has 148 valence electrons. The number of benzene rings is 3. The van der Waals surface area contributed by atoms with Crippen LogP contribution in [0.1, 0.15) is 27.2 Å². The standard InChI is InChI=1S/C25H22N4O/c1-18-12-14-20(15-13-18)24-16-23(28-29(24)22-10-4-3-5-11-22)25(30)27-26-17-21-9-7-6-8-19(21)2/h3-17H,1-2H3,(H,27,30)/b26-17-. The molecule has 0 fully saturated rings. The van der Waals surface area contributed by atoms with Crippen LogP contribution in [-0.2, 0) is 0 Å². The molecule has 3 aromatic carbocycles. The van der Waals surface area contributed by atoms with Crippen LogP contribution in [0.4, 0.5) is 0 Å². The van der Waals surface area contributed by atoms with Gasteiger partial charge in [0, 0.05) is 5.56 Å². The van der Waals surface area contributed by atoms with E-state index in [1.165, 1.54) is 5.56 Å². The van der Waals surface area contributed by atoms with Crippen molar-refractivity contribution in [2.45, 2.75) is 13.8 Å². The zero-order chi connectivity index (χ0) is 20.9. The van der Waals surface area contributed by atoms with E-state index in [2.05, 4.69) is 15.6 Å². The quantitative estimate of drug-likeness (QED) is 0.386. The monoisotopic (exact) mass is 394 g/mol. The molecule has 0 aliphatic heterocycles. The van der Waals surface area contributed by atoms with Gasteiger partial charge >= 0.3 is 0 Å². The van der Waals surface area contributed by atoms with Crippen molar-refractivity contribution in [3.05, 3.63) is 107 Å². The van der Waals surface area contributed by atoms with E-state index >= 15 is 0 Å². The zero-order valence-corrected chi connectivity index (χ0v) is 16.9. The van der Waals surface area contributed by atoms with Crippen LogP contribution in [0.15, 0.2) is 90.0 Å². The van der Waals surface area contributed by atoms with Crippen LogP contribution in [0, 0.1) is 13.8 Å². The molecule has 4 rings (SSSR count). The van der Waals surface area contributed by atoms with Crippen molar-refractivity contribution in [3.8, 4) is 16.9 Å². The second kappa shape index (κ2) is 8.57. The first-order valence-electron chi connectivity index (χ1n) is 9.73. The van der Waals surface area contributed by atoms with Crippen LogP contribution in [0.2, 0.25) is 0 Å². The zero-order valence-electron chi connectivity index (χ0n) is 16.9. The minimum absolute atomic E-state index is 0.302. The van der Waals surface area contributed by atoms with E-state index in [4.69, 9.17) is 0 Å². The highest BCUT2D eigenvalue weighted by molar-refractivity contribution is 5.94. The van der Waals surface area contributed by atoms with Crippen LogP contribution in [0.5, 0.6) is 0 Å². The Morgan fingerprint density at radius 1 is 0.933 bits per heavy atom. The van der Waals surface area contributed by atoms with Crippen molar-refractivity contribution < 1.29 is 4.79 Å². The molecule has 0 saturated carbocycles. The number of hydrogen-bond donors (Lipinski definition) is 1. The van der Waals surface area contributed by atoms with Crippen molar-refractivity contribution >= 4 is 12.1 Å². The molecule has 1 aromatic heterocycles. The van der Waals surface area contributed by atoms with Crippen LogP contribution in [0.3, 0.4) is 0 Å². The Kier molecular flexibility index (Phi) is 5.52. The molecule has 4 aromatic rings. The Bertz CT molecular complexity index is 1190. The van der Waals surface area contributed by atoms with Gasteiger partial charge in [-0.25, -0.2) is 10.1 Å². The fourth-order valence-corrected chi connectivity index (χ4v) is 3.14. The number of aryl methyl sites for hydroxylation is 2. The van der Waals surface area contributed by atoms with E-state index in [0.29, 0.717) is 5.69 Å². The average molecular weight is 394 g/mol. The maximum Gasteiger partial charge on any atom is 0.291 e. The number of carbonyl (C=O) groups excluding carboxylic acids is 1. The lowest BCUT2D eigenvalue weighted by Gasteiger charge is -2.07. The van der Waals surface area contributed by atoms with Crippen molar-refractivity contribution in [3.63, 3.8) is 0 Å². The van der Waals surface area contributed by atoms with Crippen LogP contribution < -0.4 is 5.43 Å². The molecular weight excluding hydrogens is 372 g/mol. The molecular formula is C25H22N4O. The summed E-state index contributed by atoms with van der Waals surface area (Å²) < 4.78 is 1.78. The summed E-state index contributed by atoms with van der Waals surface area (Å²) in [6.45, 7) is 4.04. The minimum Gasteiger partial charge on any atom is -0.265 e. The highest BCUT2D eigenvalue weighted by Gasteiger charge is 2.16. The number of hydrazone groups is 1. The maximum atomic E-state index is 12.7. The summed E-state index contributed by atoms with van der Waals surface area (Å²) in [7, 11) is 0. The molecule has 0 aliphatic rings. The molecule has 1 N–H and O–H groups in total. The van der Waals surface area contributed by atoms with E-state index in [-0.39, 0.29) is 5.91 Å². The van der Waals surface area contributed by atoms with Gasteiger partial charge in [0.05, 0.1) is 17.6 Å². The number of amides is 1. The minimum atomic E-state index is -0.358. The number of para-hydroxylation sites is 1. The number of rotatable bonds is 5. The Hall–Kier alpha value is -3.99. The van der Waals surface area contributed by atoms with Gasteiger partial charge in [-0.1, -0.05) is 72.3 Å². The smallest absolute Gasteiger partial charge is 0.265 e. The normalized spacial score (nSPS) is 11.0. The lowest BCUT2D eigenvalue weighted by molar-refractivity contribution is 0.0949. The molecule has 30 heavy (non-hydrogen) atoms. The first-order chi connectivity index (χ1) is 14.6. The maximum absolute atomic E-state index is 12.7. The van der Waals surface area contributed by atoms with Gasteiger partial charge in [0.2, 0.25) is 0 Å². The molecule has 5 heteroatoms. The lowest BCUT2D eigenvalue weighted by atomic mass is 10.1. The average Bonchev–Trinajstić information content (AvgIpc) is 3.22. The molecule has 5 nitrogen and oxygen atoms in total. The number of nitrogens with zero attached hydrogens (tertiary/aromatic N) is 3. The first-order valence-corrected chi connectivity index (χ1v) is 9.73. The highest BCUT2D eigenvalue weighted by atomic mass is 16.2. The molecule has 0 unspecified atom stereocenters. The predicted octanol–water partition coefficient (Wildman–Crippen LogP) is 4.92. The highest BCUT2D eigenvalue weighted by Crippen LogP contribution is 2.24. The molecule has 0 saturated heterocycles. The lowest BCUT2D eigenvalue weighted by Crippen LogP contribution is -2.18. The third kappa shape index (κ3) is 4.20. The number of aromatic nitrogens is 2. The second-order valence-corrected chi connectivity index (χ2v) is 7.08. The fraction of sp³-hybridized carbons (Fsp3) is 0.0800. The number of hydrogen-bond acceptors (Lipinski definition) is 3. The summed E-state index contributed by atoms with van der Waals surface area (Å²) in [5, 5.41) is 8.65. The SMILES string of the molecule is Cc1ccc(-c2cc(C(=O)N/N=C\c3ccccc3C)nn2-c2ccccc2)cc1. The summed E-state index contributed by atoms with van der Waals surface area (Å²) in [5.41, 5.74) is 8.81. The van der Waals surface area contributed by atoms with Gasteiger partial charge in [-0.15, -0.1) is 0 Å². The van der Waals surface area contributed by atoms with Crippen LogP contribution in [-0.4, -0.2) is 21.9 Å². The number of nitrogens with one attached hydrogen (secondary N) is 1. The molecule has 1 heterocycles. The molecule has 0 spiro atoms. The Balaban J connectivity index is 1.64. The van der Waals surface area contributed by atoms with Crippen molar-refractivity contribution in [1.82, 2.24) is 15.2 Å². The summed E-state index contributed by atoms with van der Waals surface area (Å²) >= 11 is 0. The van der Waals surface area contributed by atoms with Gasteiger partial charge in [-0.3, -0.25) is 4.79 Å². The molecule has 0 atom stereocenters. The van der Waals surface area contributed by atoms with Gasteiger partial charge < -0.3 is 0 Å². The largest absolute Gasteiger partial charge is 0.291 e. The van der Waals surface area contributed by atoms with E-state index in [1.54, 1.807) is 17.0 Å². The predicted molar refractivity (Wildman–Crippen MR) is 120 cm³/mol. The first kappa shape index (κ1) is 19.3. The fourth-order valence-electron chi connectivity index (χ4n) is 3.14. The summed E-state index contributed by atoms with van der Waals surface area (Å²) in [5.74, 6) is -0.358. The molecule has 0 bridgehead atoms.